The van der Waals surface area contributed by atoms with Crippen molar-refractivity contribution in [2.24, 2.45) is 0 Å². The molecule has 0 bridgehead atoms. The quantitative estimate of drug-likeness (QED) is 0.857. The van der Waals surface area contributed by atoms with Crippen LogP contribution in [0, 0.1) is 0 Å². The maximum absolute atomic E-state index is 12.6. The Labute approximate surface area is 149 Å². The Balaban J connectivity index is 1.62. The summed E-state index contributed by atoms with van der Waals surface area (Å²) in [6, 6.07) is 3.48. The molecule has 0 aliphatic carbocycles. The molecule has 25 heavy (non-hydrogen) atoms. The summed E-state index contributed by atoms with van der Waals surface area (Å²) in [6.45, 7) is 4.47. The van der Waals surface area contributed by atoms with Crippen LogP contribution < -0.4 is 5.32 Å². The highest BCUT2D eigenvalue weighted by molar-refractivity contribution is 7.89. The van der Waals surface area contributed by atoms with Crippen molar-refractivity contribution >= 4 is 21.7 Å². The predicted octanol–water partition coefficient (Wildman–Crippen LogP) is 1.68. The van der Waals surface area contributed by atoms with E-state index in [1.807, 2.05) is 11.8 Å². The number of hydrogen-bond acceptors (Lipinski definition) is 5. The first-order valence-electron chi connectivity index (χ1n) is 9.01. The number of nitrogens with zero attached hydrogens (tertiary/aromatic N) is 3. The molecule has 138 valence electrons. The minimum atomic E-state index is -3.44. The van der Waals surface area contributed by atoms with E-state index < -0.39 is 10.0 Å². The van der Waals surface area contributed by atoms with Gasteiger partial charge in [-0.3, -0.25) is 4.79 Å². The monoisotopic (exact) mass is 366 g/mol. The van der Waals surface area contributed by atoms with Crippen LogP contribution in [0.5, 0.6) is 0 Å². The Morgan fingerprint density at radius 1 is 1.24 bits per heavy atom. The molecule has 8 heteroatoms. The molecule has 1 unspecified atom stereocenters. The maximum Gasteiger partial charge on any atom is 0.244 e. The van der Waals surface area contributed by atoms with Crippen molar-refractivity contribution in [2.75, 3.05) is 31.5 Å². The third-order valence-corrected chi connectivity index (χ3v) is 6.77. The van der Waals surface area contributed by atoms with Gasteiger partial charge in [0.1, 0.15) is 10.7 Å². The zero-order chi connectivity index (χ0) is 17.9. The van der Waals surface area contributed by atoms with Gasteiger partial charge in [-0.15, -0.1) is 0 Å². The minimum Gasteiger partial charge on any atom is -0.365 e. The summed E-state index contributed by atoms with van der Waals surface area (Å²) in [5.41, 5.74) is 0. The topological polar surface area (TPSA) is 82.6 Å². The number of sulfonamides is 1. The predicted molar refractivity (Wildman–Crippen MR) is 95.7 cm³/mol. The number of aromatic nitrogens is 1. The van der Waals surface area contributed by atoms with Crippen LogP contribution in [0.3, 0.4) is 0 Å². The van der Waals surface area contributed by atoms with Crippen molar-refractivity contribution in [3.8, 4) is 0 Å². The molecule has 1 aromatic rings. The van der Waals surface area contributed by atoms with E-state index in [9.17, 15) is 13.2 Å². The van der Waals surface area contributed by atoms with Gasteiger partial charge in [0.05, 0.1) is 0 Å². The van der Waals surface area contributed by atoms with Crippen LogP contribution in [0.1, 0.15) is 39.0 Å². The number of carbonyl (C=O) groups excluding carboxylic acids is 1. The lowest BCUT2D eigenvalue weighted by Gasteiger charge is -2.25. The summed E-state index contributed by atoms with van der Waals surface area (Å²) in [5.74, 6) is 0.814. The molecule has 2 fully saturated rings. The van der Waals surface area contributed by atoms with Gasteiger partial charge in [0.25, 0.3) is 0 Å². The van der Waals surface area contributed by atoms with Gasteiger partial charge >= 0.3 is 0 Å². The van der Waals surface area contributed by atoms with Gasteiger partial charge in [-0.1, -0.05) is 13.3 Å². The molecule has 3 heterocycles. The third kappa shape index (κ3) is 4.12. The molecule has 0 saturated carbocycles. The highest BCUT2D eigenvalue weighted by Crippen LogP contribution is 2.21. The molecule has 2 aliphatic heterocycles. The van der Waals surface area contributed by atoms with Crippen molar-refractivity contribution in [3.63, 3.8) is 0 Å². The Bertz CT molecular complexity index is 699. The number of nitrogens with one attached hydrogen (secondary N) is 1. The number of amides is 1. The van der Waals surface area contributed by atoms with E-state index in [0.29, 0.717) is 31.9 Å². The van der Waals surface area contributed by atoms with Crippen molar-refractivity contribution in [3.05, 3.63) is 18.3 Å². The molecule has 3 rings (SSSR count). The van der Waals surface area contributed by atoms with E-state index in [1.54, 1.807) is 16.4 Å². The standard InChI is InChI=1S/C17H26N4O3S/c1-2-17(22)20-11-8-14(13-20)19-16-7-6-15(12-18-16)25(23,24)21-9-4-3-5-10-21/h6-7,12,14H,2-5,8-11,13H2,1H3,(H,18,19). The van der Waals surface area contributed by atoms with E-state index in [2.05, 4.69) is 10.3 Å². The van der Waals surface area contributed by atoms with Crippen LogP contribution in [-0.2, 0) is 14.8 Å². The normalized spacial score (nSPS) is 22.1. The van der Waals surface area contributed by atoms with Gasteiger partial charge in [-0.2, -0.15) is 4.31 Å². The average Bonchev–Trinajstić information content (AvgIpc) is 3.11. The molecule has 1 amide bonds. The number of hydrogen-bond donors (Lipinski definition) is 1. The molecule has 0 aromatic carbocycles. The van der Waals surface area contributed by atoms with Crippen LogP contribution in [-0.4, -0.2) is 60.7 Å². The molecule has 0 radical (unpaired) electrons. The number of carbonyl (C=O) groups is 1. The first kappa shape index (κ1) is 18.1. The zero-order valence-corrected chi connectivity index (χ0v) is 15.5. The largest absolute Gasteiger partial charge is 0.365 e. The maximum atomic E-state index is 12.6. The smallest absolute Gasteiger partial charge is 0.244 e. The summed E-state index contributed by atoms with van der Waals surface area (Å²) in [5, 5.41) is 3.29. The van der Waals surface area contributed by atoms with Crippen LogP contribution in [0.2, 0.25) is 0 Å². The molecule has 2 saturated heterocycles. The molecule has 1 N–H and O–H groups in total. The summed E-state index contributed by atoms with van der Waals surface area (Å²) in [7, 11) is -3.44. The molecule has 0 spiro atoms. The molecule has 1 atom stereocenters. The highest BCUT2D eigenvalue weighted by Gasteiger charge is 2.27. The molecule has 1 aromatic heterocycles. The van der Waals surface area contributed by atoms with Crippen LogP contribution in [0.4, 0.5) is 5.82 Å². The minimum absolute atomic E-state index is 0.160. The number of anilines is 1. The lowest BCUT2D eigenvalue weighted by Crippen LogP contribution is -2.35. The second-order valence-corrected chi connectivity index (χ2v) is 8.61. The zero-order valence-electron chi connectivity index (χ0n) is 14.6. The Kier molecular flexibility index (Phi) is 5.58. The van der Waals surface area contributed by atoms with Gasteiger partial charge in [-0.25, -0.2) is 13.4 Å². The van der Waals surface area contributed by atoms with Crippen molar-refractivity contribution in [1.82, 2.24) is 14.2 Å². The first-order valence-corrected chi connectivity index (χ1v) is 10.4. The number of pyridine rings is 1. The summed E-state index contributed by atoms with van der Waals surface area (Å²) >= 11 is 0. The second-order valence-electron chi connectivity index (χ2n) is 6.67. The fourth-order valence-electron chi connectivity index (χ4n) is 3.41. The number of rotatable bonds is 5. The van der Waals surface area contributed by atoms with Crippen molar-refractivity contribution in [2.45, 2.75) is 50.0 Å². The average molecular weight is 366 g/mol. The molecule has 7 nitrogen and oxygen atoms in total. The molecular formula is C17H26N4O3S. The Morgan fingerprint density at radius 2 is 2.00 bits per heavy atom. The van der Waals surface area contributed by atoms with E-state index in [0.717, 1.165) is 32.2 Å². The SMILES string of the molecule is CCC(=O)N1CCC(Nc2ccc(S(=O)(=O)N3CCCCC3)cn2)C1. The first-order chi connectivity index (χ1) is 12.0. The molecule has 2 aliphatic rings. The Hall–Kier alpha value is -1.67. The summed E-state index contributed by atoms with van der Waals surface area (Å²) < 4.78 is 26.8. The van der Waals surface area contributed by atoms with Gasteiger partial charge < -0.3 is 10.2 Å². The Morgan fingerprint density at radius 3 is 2.64 bits per heavy atom. The van der Waals surface area contributed by atoms with Crippen molar-refractivity contribution < 1.29 is 13.2 Å². The van der Waals surface area contributed by atoms with Gasteiger partial charge in [-0.05, 0) is 31.4 Å². The summed E-state index contributed by atoms with van der Waals surface area (Å²) in [6.07, 6.45) is 5.75. The van der Waals surface area contributed by atoms with Gasteiger partial charge in [0.15, 0.2) is 0 Å². The van der Waals surface area contributed by atoms with E-state index >= 15 is 0 Å². The van der Waals surface area contributed by atoms with E-state index in [4.69, 9.17) is 0 Å². The third-order valence-electron chi connectivity index (χ3n) is 4.88. The highest BCUT2D eigenvalue weighted by atomic mass is 32.2. The fraction of sp³-hybridized carbons (Fsp3) is 0.647. The van der Waals surface area contributed by atoms with Crippen LogP contribution in [0.15, 0.2) is 23.2 Å². The lowest BCUT2D eigenvalue weighted by atomic mass is 10.2. The fourth-order valence-corrected chi connectivity index (χ4v) is 4.87. The van der Waals surface area contributed by atoms with E-state index in [-0.39, 0.29) is 16.8 Å². The van der Waals surface area contributed by atoms with Crippen LogP contribution in [0.25, 0.3) is 0 Å². The van der Waals surface area contributed by atoms with Gasteiger partial charge in [0.2, 0.25) is 15.9 Å². The lowest BCUT2D eigenvalue weighted by molar-refractivity contribution is -0.129. The van der Waals surface area contributed by atoms with E-state index in [1.165, 1.54) is 6.20 Å². The molecular weight excluding hydrogens is 340 g/mol. The number of likely N-dealkylation sites (tertiary alicyclic amines) is 1. The van der Waals surface area contributed by atoms with Crippen molar-refractivity contribution in [1.29, 1.82) is 0 Å². The van der Waals surface area contributed by atoms with Crippen LogP contribution >= 0.6 is 0 Å². The second kappa shape index (κ2) is 7.70. The number of piperidine rings is 1. The van der Waals surface area contributed by atoms with Gasteiger partial charge in [0, 0.05) is 44.8 Å². The summed E-state index contributed by atoms with van der Waals surface area (Å²) in [4.78, 5) is 18.1.